The zero-order chi connectivity index (χ0) is 40.6. The van der Waals surface area contributed by atoms with Crippen LogP contribution in [0, 0.1) is 13.8 Å². The first-order chi connectivity index (χ1) is 30.1. The molecule has 0 radical (unpaired) electrons. The third kappa shape index (κ3) is 5.66. The maximum absolute atomic E-state index is 5.58. The van der Waals surface area contributed by atoms with E-state index in [1.807, 2.05) is 11.3 Å². The Balaban J connectivity index is 1.09. The fraction of sp³-hybridized carbons (Fsp3) is 0.0357. The van der Waals surface area contributed by atoms with Gasteiger partial charge in [-0.2, -0.15) is 0 Å². The standard InChI is InChI=1S/C56H38N4S/c1-35-16-12-13-23-43(35)54-36(2)45-32-39(40-28-31-50-46(33-40)44-24-14-15-25-48(44)59(50)42-21-10-5-11-22-42)27-30-49(45)60(54)56-57-47-29-26-41-34-51(37-17-6-3-7-18-37)61-55(41)52(47)53(58-56)38-19-8-4-9-20-38/h3-34H,1-2H3. The van der Waals surface area contributed by atoms with Crippen LogP contribution in [0.15, 0.2) is 194 Å². The van der Waals surface area contributed by atoms with Gasteiger partial charge in [-0.15, -0.1) is 11.3 Å². The van der Waals surface area contributed by atoms with Gasteiger partial charge >= 0.3 is 0 Å². The first kappa shape index (κ1) is 35.4. The van der Waals surface area contributed by atoms with E-state index in [0.717, 1.165) is 39.1 Å². The van der Waals surface area contributed by atoms with Crippen LogP contribution >= 0.6 is 11.3 Å². The van der Waals surface area contributed by atoms with Gasteiger partial charge in [0.05, 0.1) is 33.5 Å². The van der Waals surface area contributed by atoms with Gasteiger partial charge in [-0.05, 0) is 102 Å². The van der Waals surface area contributed by atoms with Crippen LogP contribution in [-0.2, 0) is 0 Å². The lowest BCUT2D eigenvalue weighted by atomic mass is 9.99. The van der Waals surface area contributed by atoms with Crippen LogP contribution in [0.3, 0.4) is 0 Å². The van der Waals surface area contributed by atoms with Crippen LogP contribution in [0.4, 0.5) is 0 Å². The lowest BCUT2D eigenvalue weighted by Gasteiger charge is -2.15. The summed E-state index contributed by atoms with van der Waals surface area (Å²) in [4.78, 5) is 12.3. The summed E-state index contributed by atoms with van der Waals surface area (Å²) < 4.78 is 5.87. The second-order valence-corrected chi connectivity index (χ2v) is 16.9. The topological polar surface area (TPSA) is 35.6 Å². The Morgan fingerprint density at radius 3 is 1.84 bits per heavy atom. The monoisotopic (exact) mass is 798 g/mol. The van der Waals surface area contributed by atoms with E-state index in [4.69, 9.17) is 9.97 Å². The van der Waals surface area contributed by atoms with Crippen molar-refractivity contribution < 1.29 is 0 Å². The Morgan fingerprint density at radius 2 is 1.08 bits per heavy atom. The molecule has 0 atom stereocenters. The summed E-state index contributed by atoms with van der Waals surface area (Å²) in [5, 5.41) is 5.93. The summed E-state index contributed by atoms with van der Waals surface area (Å²) in [6, 6.07) is 69.7. The lowest BCUT2D eigenvalue weighted by molar-refractivity contribution is 0.986. The number of rotatable bonds is 6. The fourth-order valence-electron chi connectivity index (χ4n) is 9.36. The molecule has 0 spiro atoms. The van der Waals surface area contributed by atoms with Crippen LogP contribution in [-0.4, -0.2) is 19.1 Å². The second-order valence-electron chi connectivity index (χ2n) is 15.9. The molecule has 5 heteroatoms. The van der Waals surface area contributed by atoms with Crippen molar-refractivity contribution in [2.24, 2.45) is 0 Å². The van der Waals surface area contributed by atoms with E-state index in [0.29, 0.717) is 5.95 Å². The zero-order valence-electron chi connectivity index (χ0n) is 33.7. The van der Waals surface area contributed by atoms with Crippen molar-refractivity contribution in [3.8, 4) is 55.7 Å². The van der Waals surface area contributed by atoms with Crippen molar-refractivity contribution in [1.82, 2.24) is 19.1 Å². The largest absolute Gasteiger partial charge is 0.309 e. The summed E-state index contributed by atoms with van der Waals surface area (Å²) in [6.07, 6.45) is 0. The van der Waals surface area contributed by atoms with Gasteiger partial charge in [0.2, 0.25) is 5.95 Å². The van der Waals surface area contributed by atoms with E-state index in [1.165, 1.54) is 75.5 Å². The minimum absolute atomic E-state index is 0.657. The summed E-state index contributed by atoms with van der Waals surface area (Å²) in [7, 11) is 0. The molecule has 0 aliphatic rings. The predicted molar refractivity (Wildman–Crippen MR) is 257 cm³/mol. The number of aryl methyl sites for hydroxylation is 2. The molecule has 288 valence electrons. The number of fused-ring (bicyclic) bond motifs is 7. The third-order valence-electron chi connectivity index (χ3n) is 12.3. The number of para-hydroxylation sites is 2. The highest BCUT2D eigenvalue weighted by atomic mass is 32.1. The van der Waals surface area contributed by atoms with Gasteiger partial charge in [0, 0.05) is 47.9 Å². The summed E-state index contributed by atoms with van der Waals surface area (Å²) in [5.74, 6) is 0.657. The number of aromatic nitrogens is 4. The van der Waals surface area contributed by atoms with Gasteiger partial charge in [0.1, 0.15) is 0 Å². The molecule has 61 heavy (non-hydrogen) atoms. The molecule has 0 saturated carbocycles. The maximum atomic E-state index is 5.58. The molecule has 0 aliphatic carbocycles. The van der Waals surface area contributed by atoms with Crippen molar-refractivity contribution >= 4 is 65.0 Å². The molecule has 0 bridgehead atoms. The number of nitrogens with zero attached hydrogens (tertiary/aromatic N) is 4. The normalized spacial score (nSPS) is 11.8. The SMILES string of the molecule is Cc1ccccc1-c1c(C)c2cc(-c3ccc4c(c3)c3ccccc3n4-c3ccccc3)ccc2n1-c1nc(-c2ccccc2)c2c(ccc3cc(-c4ccccc4)sc32)n1. The molecule has 0 fully saturated rings. The Morgan fingerprint density at radius 1 is 0.459 bits per heavy atom. The van der Waals surface area contributed by atoms with Gasteiger partial charge < -0.3 is 4.57 Å². The molecule has 0 aliphatic heterocycles. The summed E-state index contributed by atoms with van der Waals surface area (Å²) in [6.45, 7) is 4.44. The van der Waals surface area contributed by atoms with Crippen LogP contribution < -0.4 is 0 Å². The van der Waals surface area contributed by atoms with Gasteiger partial charge in [-0.25, -0.2) is 9.97 Å². The first-order valence-corrected chi connectivity index (χ1v) is 21.6. The lowest BCUT2D eigenvalue weighted by Crippen LogP contribution is -2.06. The van der Waals surface area contributed by atoms with Crippen molar-refractivity contribution in [3.05, 3.63) is 205 Å². The van der Waals surface area contributed by atoms with Gasteiger partial charge in [0.15, 0.2) is 0 Å². The molecule has 12 rings (SSSR count). The number of thiophene rings is 1. The first-order valence-electron chi connectivity index (χ1n) is 20.7. The van der Waals surface area contributed by atoms with Crippen LogP contribution in [0.25, 0.3) is 109 Å². The maximum Gasteiger partial charge on any atom is 0.235 e. The summed E-state index contributed by atoms with van der Waals surface area (Å²) in [5.41, 5.74) is 15.8. The van der Waals surface area contributed by atoms with E-state index in [9.17, 15) is 0 Å². The van der Waals surface area contributed by atoms with E-state index >= 15 is 0 Å². The highest BCUT2D eigenvalue weighted by Crippen LogP contribution is 2.44. The number of benzene rings is 8. The average molecular weight is 799 g/mol. The number of hydrogen-bond acceptors (Lipinski definition) is 3. The van der Waals surface area contributed by atoms with Gasteiger partial charge in [0.25, 0.3) is 0 Å². The van der Waals surface area contributed by atoms with E-state index in [1.54, 1.807) is 0 Å². The Bertz CT molecular complexity index is 3650. The Labute approximate surface area is 357 Å². The highest BCUT2D eigenvalue weighted by Gasteiger charge is 2.24. The molecule has 0 N–H and O–H groups in total. The molecular formula is C56H38N4S. The van der Waals surface area contributed by atoms with Crippen molar-refractivity contribution in [2.45, 2.75) is 13.8 Å². The Hall–Kier alpha value is -7.60. The predicted octanol–water partition coefficient (Wildman–Crippen LogP) is 15.2. The molecule has 0 amide bonds. The van der Waals surface area contributed by atoms with E-state index in [2.05, 4.69) is 217 Å². The van der Waals surface area contributed by atoms with Crippen LogP contribution in [0.1, 0.15) is 11.1 Å². The molecule has 4 heterocycles. The molecule has 8 aromatic carbocycles. The summed E-state index contributed by atoms with van der Waals surface area (Å²) >= 11 is 1.81. The zero-order valence-corrected chi connectivity index (χ0v) is 34.5. The minimum atomic E-state index is 0.657. The molecule has 12 aromatic rings. The smallest absolute Gasteiger partial charge is 0.235 e. The second kappa shape index (κ2) is 14.0. The van der Waals surface area contributed by atoms with Crippen molar-refractivity contribution in [2.75, 3.05) is 0 Å². The van der Waals surface area contributed by atoms with Crippen LogP contribution in [0.2, 0.25) is 0 Å². The average Bonchev–Trinajstić information content (AvgIpc) is 3.99. The van der Waals surface area contributed by atoms with E-state index in [-0.39, 0.29) is 0 Å². The van der Waals surface area contributed by atoms with E-state index < -0.39 is 0 Å². The molecule has 4 nitrogen and oxygen atoms in total. The number of hydrogen-bond donors (Lipinski definition) is 0. The fourth-order valence-corrected chi connectivity index (χ4v) is 10.6. The third-order valence-corrected chi connectivity index (χ3v) is 13.5. The minimum Gasteiger partial charge on any atom is -0.309 e. The molecule has 0 saturated heterocycles. The molecule has 0 unspecified atom stereocenters. The molecule has 4 aromatic heterocycles. The quantitative estimate of drug-likeness (QED) is 0.168. The van der Waals surface area contributed by atoms with Crippen molar-refractivity contribution in [1.29, 1.82) is 0 Å². The highest BCUT2D eigenvalue weighted by molar-refractivity contribution is 7.23. The van der Waals surface area contributed by atoms with Gasteiger partial charge in [-0.3, -0.25) is 4.57 Å². The van der Waals surface area contributed by atoms with Crippen LogP contribution in [0.5, 0.6) is 0 Å². The van der Waals surface area contributed by atoms with Crippen molar-refractivity contribution in [3.63, 3.8) is 0 Å². The Kier molecular flexibility index (Phi) is 8.12. The molecular weight excluding hydrogens is 761 g/mol. The van der Waals surface area contributed by atoms with Gasteiger partial charge in [-0.1, -0.05) is 140 Å².